The summed E-state index contributed by atoms with van der Waals surface area (Å²) in [6.07, 6.45) is 0. The number of carbonyl (C=O) groups is 2. The van der Waals surface area contributed by atoms with Crippen LogP contribution in [-0.2, 0) is 16.1 Å². The molecule has 7 nitrogen and oxygen atoms in total. The van der Waals surface area contributed by atoms with Crippen LogP contribution in [0.25, 0.3) is 0 Å². The molecular weight excluding hydrogens is 320 g/mol. The number of H-pyrrole nitrogens is 1. The Labute approximate surface area is 141 Å². The van der Waals surface area contributed by atoms with E-state index in [1.807, 2.05) is 26.8 Å². The molecule has 130 valence electrons. The van der Waals surface area contributed by atoms with Gasteiger partial charge < -0.3 is 21.4 Å². The van der Waals surface area contributed by atoms with Crippen molar-refractivity contribution >= 4 is 24.2 Å². The summed E-state index contributed by atoms with van der Waals surface area (Å²) in [6.45, 7) is 7.22. The highest BCUT2D eigenvalue weighted by Gasteiger charge is 2.17. The number of pyridine rings is 1. The monoisotopic (exact) mass is 344 g/mol. The highest BCUT2D eigenvalue weighted by molar-refractivity contribution is 5.87. The zero-order chi connectivity index (χ0) is 16.9. The van der Waals surface area contributed by atoms with Crippen LogP contribution >= 0.6 is 12.4 Å². The summed E-state index contributed by atoms with van der Waals surface area (Å²) < 4.78 is 0. The first-order chi connectivity index (χ1) is 10.2. The second-order valence-corrected chi connectivity index (χ2v) is 5.71. The number of rotatable bonds is 6. The van der Waals surface area contributed by atoms with E-state index in [9.17, 15) is 14.4 Å². The minimum Gasteiger partial charge on any atom is -0.350 e. The van der Waals surface area contributed by atoms with Crippen LogP contribution in [-0.4, -0.2) is 29.4 Å². The summed E-state index contributed by atoms with van der Waals surface area (Å²) in [5.41, 5.74) is 7.54. The first kappa shape index (κ1) is 21.1. The highest BCUT2D eigenvalue weighted by Crippen LogP contribution is 2.02. The SMILES string of the molecule is Cc1cc(C)c(CNC(=O)CNC(=O)[C@@H](N)C(C)C)c(=O)[nH]1.Cl. The van der Waals surface area contributed by atoms with E-state index in [4.69, 9.17) is 5.73 Å². The zero-order valence-electron chi connectivity index (χ0n) is 13.9. The van der Waals surface area contributed by atoms with E-state index < -0.39 is 6.04 Å². The summed E-state index contributed by atoms with van der Waals surface area (Å²) in [7, 11) is 0. The smallest absolute Gasteiger partial charge is 0.253 e. The Bertz CT molecular complexity index is 613. The molecule has 1 aromatic rings. The standard InChI is InChI=1S/C15H24N4O3.ClH/c1-8(2)13(16)15(22)18-7-12(20)17-6-11-9(3)5-10(4)19-14(11)21;/h5,8,13H,6-7,16H2,1-4H3,(H,17,20)(H,18,22)(H,19,21);1H/t13-;/m0./s1. The molecular formula is C15H25ClN4O3. The van der Waals surface area contributed by atoms with E-state index in [-0.39, 0.29) is 48.8 Å². The van der Waals surface area contributed by atoms with Crippen molar-refractivity contribution in [2.45, 2.75) is 40.3 Å². The molecule has 0 fully saturated rings. The van der Waals surface area contributed by atoms with Crippen LogP contribution in [0.2, 0.25) is 0 Å². The van der Waals surface area contributed by atoms with Gasteiger partial charge in [0.2, 0.25) is 11.8 Å². The van der Waals surface area contributed by atoms with Crippen molar-refractivity contribution < 1.29 is 9.59 Å². The lowest BCUT2D eigenvalue weighted by atomic mass is 10.1. The third-order valence-corrected chi connectivity index (χ3v) is 3.40. The molecule has 0 aromatic carbocycles. The minimum absolute atomic E-state index is 0. The van der Waals surface area contributed by atoms with Gasteiger partial charge in [0, 0.05) is 17.8 Å². The summed E-state index contributed by atoms with van der Waals surface area (Å²) >= 11 is 0. The van der Waals surface area contributed by atoms with E-state index in [1.54, 1.807) is 6.92 Å². The average Bonchev–Trinajstić information content (AvgIpc) is 2.42. The second-order valence-electron chi connectivity index (χ2n) is 5.71. The number of carbonyl (C=O) groups excluding carboxylic acids is 2. The van der Waals surface area contributed by atoms with E-state index >= 15 is 0 Å². The average molecular weight is 345 g/mol. The summed E-state index contributed by atoms with van der Waals surface area (Å²) in [5, 5.41) is 5.09. The molecule has 1 rings (SSSR count). The van der Waals surface area contributed by atoms with Gasteiger partial charge in [0.05, 0.1) is 12.6 Å². The maximum absolute atomic E-state index is 11.8. The van der Waals surface area contributed by atoms with Crippen LogP contribution in [0.15, 0.2) is 10.9 Å². The lowest BCUT2D eigenvalue weighted by Gasteiger charge is -2.15. The highest BCUT2D eigenvalue weighted by atomic mass is 35.5. The van der Waals surface area contributed by atoms with Crippen molar-refractivity contribution in [1.82, 2.24) is 15.6 Å². The van der Waals surface area contributed by atoms with Gasteiger partial charge in [-0.15, -0.1) is 12.4 Å². The maximum Gasteiger partial charge on any atom is 0.253 e. The van der Waals surface area contributed by atoms with Crippen molar-refractivity contribution in [3.8, 4) is 0 Å². The van der Waals surface area contributed by atoms with Gasteiger partial charge in [-0.05, 0) is 31.4 Å². The number of nitrogens with two attached hydrogens (primary N) is 1. The summed E-state index contributed by atoms with van der Waals surface area (Å²) in [4.78, 5) is 37.9. The van der Waals surface area contributed by atoms with Crippen molar-refractivity contribution in [1.29, 1.82) is 0 Å². The lowest BCUT2D eigenvalue weighted by Crippen LogP contribution is -2.47. The first-order valence-electron chi connectivity index (χ1n) is 7.21. The summed E-state index contributed by atoms with van der Waals surface area (Å²) in [5.74, 6) is -0.741. The molecule has 1 aromatic heterocycles. The van der Waals surface area contributed by atoms with Gasteiger partial charge >= 0.3 is 0 Å². The van der Waals surface area contributed by atoms with Crippen LogP contribution in [0.1, 0.15) is 30.7 Å². The van der Waals surface area contributed by atoms with Gasteiger partial charge in [0.1, 0.15) is 0 Å². The van der Waals surface area contributed by atoms with Gasteiger partial charge in [0.15, 0.2) is 0 Å². The molecule has 1 atom stereocenters. The van der Waals surface area contributed by atoms with Crippen LogP contribution in [0.4, 0.5) is 0 Å². The molecule has 23 heavy (non-hydrogen) atoms. The third-order valence-electron chi connectivity index (χ3n) is 3.40. The predicted octanol–water partition coefficient (Wildman–Crippen LogP) is 0.129. The van der Waals surface area contributed by atoms with Crippen LogP contribution < -0.4 is 21.9 Å². The normalized spacial score (nSPS) is 11.6. The molecule has 0 aliphatic carbocycles. The number of aromatic nitrogens is 1. The number of hydrogen-bond donors (Lipinski definition) is 4. The van der Waals surface area contributed by atoms with E-state index in [2.05, 4.69) is 15.6 Å². The molecule has 0 aliphatic heterocycles. The Morgan fingerprint density at radius 2 is 1.87 bits per heavy atom. The predicted molar refractivity (Wildman–Crippen MR) is 91.5 cm³/mol. The topological polar surface area (TPSA) is 117 Å². The molecule has 0 unspecified atom stereocenters. The van der Waals surface area contributed by atoms with Crippen molar-refractivity contribution in [3.63, 3.8) is 0 Å². The molecule has 0 bridgehead atoms. The number of nitrogens with one attached hydrogen (secondary N) is 3. The van der Waals surface area contributed by atoms with Gasteiger partial charge in [-0.2, -0.15) is 0 Å². The quantitative estimate of drug-likeness (QED) is 0.586. The maximum atomic E-state index is 11.8. The lowest BCUT2D eigenvalue weighted by molar-refractivity contribution is -0.127. The Balaban J connectivity index is 0.00000484. The van der Waals surface area contributed by atoms with Crippen LogP contribution in [0.5, 0.6) is 0 Å². The van der Waals surface area contributed by atoms with Crippen LogP contribution in [0.3, 0.4) is 0 Å². The molecule has 0 aliphatic rings. The Morgan fingerprint density at radius 3 is 2.39 bits per heavy atom. The van der Waals surface area contributed by atoms with E-state index in [1.165, 1.54) is 0 Å². The number of halogens is 1. The molecule has 5 N–H and O–H groups in total. The fourth-order valence-corrected chi connectivity index (χ4v) is 1.94. The zero-order valence-corrected chi connectivity index (χ0v) is 14.7. The van der Waals surface area contributed by atoms with Crippen LogP contribution in [0, 0.1) is 19.8 Å². The largest absolute Gasteiger partial charge is 0.350 e. The number of amides is 2. The molecule has 2 amide bonds. The minimum atomic E-state index is -0.644. The fourth-order valence-electron chi connectivity index (χ4n) is 1.94. The van der Waals surface area contributed by atoms with Gasteiger partial charge in [-0.25, -0.2) is 0 Å². The van der Waals surface area contributed by atoms with Crippen molar-refractivity contribution in [3.05, 3.63) is 33.2 Å². The number of aryl methyl sites for hydroxylation is 2. The molecule has 1 heterocycles. The van der Waals surface area contributed by atoms with Crippen molar-refractivity contribution in [2.75, 3.05) is 6.54 Å². The fraction of sp³-hybridized carbons (Fsp3) is 0.533. The molecule has 0 saturated carbocycles. The number of hydrogen-bond acceptors (Lipinski definition) is 4. The Kier molecular flexibility index (Phi) is 8.56. The number of aromatic amines is 1. The summed E-state index contributed by atoms with van der Waals surface area (Å²) in [6, 6.07) is 1.20. The Morgan fingerprint density at radius 1 is 1.26 bits per heavy atom. The molecule has 0 radical (unpaired) electrons. The van der Waals surface area contributed by atoms with E-state index in [0.717, 1.165) is 11.3 Å². The molecule has 0 spiro atoms. The Hall–Kier alpha value is -1.86. The third kappa shape index (κ3) is 6.42. The molecule has 8 heteroatoms. The van der Waals surface area contributed by atoms with Crippen molar-refractivity contribution in [2.24, 2.45) is 11.7 Å². The molecule has 0 saturated heterocycles. The second kappa shape index (κ2) is 9.32. The van der Waals surface area contributed by atoms with Gasteiger partial charge in [-0.3, -0.25) is 14.4 Å². The first-order valence-corrected chi connectivity index (χ1v) is 7.21. The van der Waals surface area contributed by atoms with E-state index in [0.29, 0.717) is 5.56 Å². The van der Waals surface area contributed by atoms with Gasteiger partial charge in [0.25, 0.3) is 5.56 Å². The van der Waals surface area contributed by atoms with Gasteiger partial charge in [-0.1, -0.05) is 13.8 Å².